The smallest absolute Gasteiger partial charge is 0.318 e. The Kier molecular flexibility index (Phi) is 3.04. The number of carbonyl (C=O) groups is 2. The molecule has 1 saturated carbocycles. The summed E-state index contributed by atoms with van der Waals surface area (Å²) in [5.41, 5.74) is 4.54. The third-order valence-electron chi connectivity index (χ3n) is 5.56. The van der Waals surface area contributed by atoms with E-state index in [0.29, 0.717) is 0 Å². The van der Waals surface area contributed by atoms with Crippen molar-refractivity contribution in [3.63, 3.8) is 0 Å². The van der Waals surface area contributed by atoms with Crippen LogP contribution >= 0.6 is 0 Å². The number of allylic oxidation sites excluding steroid dienone is 3. The van der Waals surface area contributed by atoms with Gasteiger partial charge in [0, 0.05) is 11.8 Å². The Morgan fingerprint density at radius 3 is 1.56 bits per heavy atom. The number of esters is 2. The van der Waals surface area contributed by atoms with Gasteiger partial charge >= 0.3 is 11.9 Å². The van der Waals surface area contributed by atoms with Gasteiger partial charge < -0.3 is 4.74 Å². The van der Waals surface area contributed by atoms with Crippen molar-refractivity contribution in [1.82, 2.24) is 0 Å². The third kappa shape index (κ3) is 1.99. The van der Waals surface area contributed by atoms with Gasteiger partial charge in [0.15, 0.2) is 0 Å². The summed E-state index contributed by atoms with van der Waals surface area (Å²) < 4.78 is 4.91. The summed E-state index contributed by atoms with van der Waals surface area (Å²) >= 11 is 0. The number of carbonyl (C=O) groups excluding carboxylic acids is 2. The molecule has 0 radical (unpaired) electrons. The standard InChI is InChI=1S/C22H16O3/c23-21-19-15-11-12-16(20(19)22(24)25-21)18(15)17(13-7-3-1-4-8-13)14-9-5-2-6-10-14/h1-12,15-16,19-20H. The molecule has 122 valence electrons. The van der Waals surface area contributed by atoms with Gasteiger partial charge in [0.2, 0.25) is 0 Å². The van der Waals surface area contributed by atoms with E-state index >= 15 is 0 Å². The quantitative estimate of drug-likeness (QED) is 0.480. The molecule has 1 heterocycles. The van der Waals surface area contributed by atoms with Crippen LogP contribution in [-0.4, -0.2) is 11.9 Å². The van der Waals surface area contributed by atoms with Crippen molar-refractivity contribution in [3.8, 4) is 0 Å². The van der Waals surface area contributed by atoms with Crippen LogP contribution < -0.4 is 0 Å². The molecule has 0 amide bonds. The van der Waals surface area contributed by atoms with Gasteiger partial charge in [-0.05, 0) is 22.3 Å². The highest BCUT2D eigenvalue weighted by Crippen LogP contribution is 2.57. The molecule has 25 heavy (non-hydrogen) atoms. The van der Waals surface area contributed by atoms with E-state index < -0.39 is 0 Å². The lowest BCUT2D eigenvalue weighted by Crippen LogP contribution is -2.21. The van der Waals surface area contributed by atoms with Crippen LogP contribution in [0.5, 0.6) is 0 Å². The minimum absolute atomic E-state index is 0.0515. The lowest BCUT2D eigenvalue weighted by molar-refractivity contribution is -0.154. The van der Waals surface area contributed by atoms with Crippen molar-refractivity contribution in [2.45, 2.75) is 0 Å². The molecule has 2 aliphatic carbocycles. The summed E-state index contributed by atoms with van der Waals surface area (Å²) in [5, 5.41) is 0. The Bertz CT molecular complexity index is 851. The Hall–Kier alpha value is -2.94. The second kappa shape index (κ2) is 5.28. The third-order valence-corrected chi connectivity index (χ3v) is 5.56. The fraction of sp³-hybridized carbons (Fsp3) is 0.182. The molecule has 0 aromatic heterocycles. The summed E-state index contributed by atoms with van der Waals surface area (Å²) in [5.74, 6) is -1.57. The topological polar surface area (TPSA) is 43.4 Å². The summed E-state index contributed by atoms with van der Waals surface area (Å²) in [4.78, 5) is 24.4. The highest BCUT2D eigenvalue weighted by Gasteiger charge is 2.61. The van der Waals surface area contributed by atoms with E-state index in [1.165, 1.54) is 5.57 Å². The highest BCUT2D eigenvalue weighted by atomic mass is 16.6. The Morgan fingerprint density at radius 1 is 0.680 bits per heavy atom. The molecule has 3 heteroatoms. The van der Waals surface area contributed by atoms with Gasteiger partial charge in [-0.15, -0.1) is 0 Å². The summed E-state index contributed by atoms with van der Waals surface area (Å²) in [6, 6.07) is 20.4. The number of hydrogen-bond acceptors (Lipinski definition) is 3. The zero-order valence-electron chi connectivity index (χ0n) is 13.5. The van der Waals surface area contributed by atoms with E-state index in [0.717, 1.165) is 16.7 Å². The molecule has 4 unspecified atom stereocenters. The first-order chi connectivity index (χ1) is 12.3. The fourth-order valence-corrected chi connectivity index (χ4v) is 4.61. The monoisotopic (exact) mass is 328 g/mol. The number of benzene rings is 2. The average Bonchev–Trinajstić information content (AvgIpc) is 3.29. The average molecular weight is 328 g/mol. The first-order valence-electron chi connectivity index (χ1n) is 8.54. The maximum Gasteiger partial charge on any atom is 0.318 e. The van der Waals surface area contributed by atoms with Gasteiger partial charge in [0.25, 0.3) is 0 Å². The zero-order chi connectivity index (χ0) is 17.0. The molecule has 2 fully saturated rings. The van der Waals surface area contributed by atoms with E-state index in [-0.39, 0.29) is 35.6 Å². The molecule has 1 aliphatic heterocycles. The molecule has 5 rings (SSSR count). The molecular formula is C22H16O3. The number of hydrogen-bond donors (Lipinski definition) is 0. The molecule has 4 atom stereocenters. The Morgan fingerprint density at radius 2 is 1.12 bits per heavy atom. The van der Waals surface area contributed by atoms with Crippen LogP contribution in [0.15, 0.2) is 78.4 Å². The van der Waals surface area contributed by atoms with Gasteiger partial charge in [-0.2, -0.15) is 0 Å². The molecule has 0 spiro atoms. The van der Waals surface area contributed by atoms with Crippen LogP contribution in [0.3, 0.4) is 0 Å². The van der Waals surface area contributed by atoms with Gasteiger partial charge in [0.05, 0.1) is 11.8 Å². The lowest BCUT2D eigenvalue weighted by Gasteiger charge is -2.18. The van der Waals surface area contributed by atoms with Crippen LogP contribution in [0.25, 0.3) is 5.57 Å². The maximum atomic E-state index is 12.2. The van der Waals surface area contributed by atoms with Crippen LogP contribution in [0.4, 0.5) is 0 Å². The van der Waals surface area contributed by atoms with Crippen molar-refractivity contribution in [3.05, 3.63) is 89.5 Å². The van der Waals surface area contributed by atoms with Crippen molar-refractivity contribution in [1.29, 1.82) is 0 Å². The predicted molar refractivity (Wildman–Crippen MR) is 93.1 cm³/mol. The number of ether oxygens (including phenoxy) is 1. The minimum atomic E-state index is -0.371. The zero-order valence-corrected chi connectivity index (χ0v) is 13.5. The molecular weight excluding hydrogens is 312 g/mol. The molecule has 1 saturated heterocycles. The number of rotatable bonds is 2. The van der Waals surface area contributed by atoms with Gasteiger partial charge in [-0.3, -0.25) is 9.59 Å². The first-order valence-corrected chi connectivity index (χ1v) is 8.54. The van der Waals surface area contributed by atoms with E-state index in [1.807, 2.05) is 36.4 Å². The second-order valence-corrected chi connectivity index (χ2v) is 6.79. The van der Waals surface area contributed by atoms with E-state index in [4.69, 9.17) is 4.74 Å². The van der Waals surface area contributed by atoms with Crippen molar-refractivity contribution in [2.75, 3.05) is 0 Å². The summed E-state index contributed by atoms with van der Waals surface area (Å²) in [6.45, 7) is 0. The van der Waals surface area contributed by atoms with Crippen LogP contribution in [0.2, 0.25) is 0 Å². The number of cyclic esters (lactones) is 2. The Labute approximate surface area is 145 Å². The maximum absolute atomic E-state index is 12.2. The summed E-state index contributed by atoms with van der Waals surface area (Å²) in [6.07, 6.45) is 4.15. The largest absolute Gasteiger partial charge is 0.393 e. The van der Waals surface area contributed by atoms with Gasteiger partial charge in [-0.25, -0.2) is 0 Å². The van der Waals surface area contributed by atoms with E-state index in [1.54, 1.807) is 0 Å². The SMILES string of the molecule is O=C1OC(=O)C2C3C=CC(C3=C(c3ccccc3)c3ccccc3)C12. The molecule has 3 aliphatic rings. The van der Waals surface area contributed by atoms with Crippen LogP contribution in [0.1, 0.15) is 11.1 Å². The molecule has 0 N–H and O–H groups in total. The highest BCUT2D eigenvalue weighted by molar-refractivity contribution is 6.00. The molecule has 3 nitrogen and oxygen atoms in total. The van der Waals surface area contributed by atoms with Gasteiger partial charge in [-0.1, -0.05) is 72.8 Å². The lowest BCUT2D eigenvalue weighted by atomic mass is 9.85. The Balaban J connectivity index is 1.75. The van der Waals surface area contributed by atoms with Crippen molar-refractivity contribution in [2.24, 2.45) is 23.7 Å². The molecule has 2 aromatic carbocycles. The second-order valence-electron chi connectivity index (χ2n) is 6.79. The van der Waals surface area contributed by atoms with E-state index in [2.05, 4.69) is 36.4 Å². The van der Waals surface area contributed by atoms with Crippen molar-refractivity contribution < 1.29 is 14.3 Å². The van der Waals surface area contributed by atoms with Crippen molar-refractivity contribution >= 4 is 17.5 Å². The van der Waals surface area contributed by atoms with Crippen LogP contribution in [-0.2, 0) is 14.3 Å². The van der Waals surface area contributed by atoms with Gasteiger partial charge in [0.1, 0.15) is 0 Å². The number of fused-ring (bicyclic) bond motifs is 5. The normalized spacial score (nSPS) is 29.0. The molecule has 2 aromatic rings. The first kappa shape index (κ1) is 14.4. The molecule has 2 bridgehead atoms. The summed E-state index contributed by atoms with van der Waals surface area (Å²) in [7, 11) is 0. The predicted octanol–water partition coefficient (Wildman–Crippen LogP) is 3.62. The minimum Gasteiger partial charge on any atom is -0.393 e. The van der Waals surface area contributed by atoms with E-state index in [9.17, 15) is 9.59 Å². The van der Waals surface area contributed by atoms with Crippen LogP contribution in [0, 0.1) is 23.7 Å². The fourth-order valence-electron chi connectivity index (χ4n) is 4.61.